The van der Waals surface area contributed by atoms with Crippen molar-refractivity contribution in [3.63, 3.8) is 0 Å². The molecule has 0 aromatic heterocycles. The van der Waals surface area contributed by atoms with Gasteiger partial charge in [-0.25, -0.2) is 0 Å². The normalized spacial score (nSPS) is 11.4. The molecule has 124 valence electrons. The Morgan fingerprint density at radius 2 is 1.91 bits per heavy atom. The van der Waals surface area contributed by atoms with Gasteiger partial charge in [0.1, 0.15) is 0 Å². The number of hydrogen-bond acceptors (Lipinski definition) is 2. The number of aryl methyl sites for hydroxylation is 1. The second-order valence-electron chi connectivity index (χ2n) is 6.07. The van der Waals surface area contributed by atoms with E-state index in [1.54, 1.807) is 7.05 Å². The van der Waals surface area contributed by atoms with E-state index in [-0.39, 0.29) is 42.0 Å². The second-order valence-corrected chi connectivity index (χ2v) is 6.07. The number of hydrogen-bond donors (Lipinski definition) is 3. The van der Waals surface area contributed by atoms with E-state index < -0.39 is 0 Å². The molecule has 1 aromatic carbocycles. The highest BCUT2D eigenvalue weighted by atomic mass is 127. The van der Waals surface area contributed by atoms with Crippen LogP contribution in [0.1, 0.15) is 31.9 Å². The minimum Gasteiger partial charge on any atom is -0.352 e. The Hall–Kier alpha value is -1.31. The standard InChI is InChI=1S/C16H26N4O.HI/c1-12-7-6-8-13(9-12)10-18-15(17-5)19-11-14(21)20-16(2,3)4;/h6-9H,10-11H2,1-5H3,(H,20,21)(H2,17,18,19);1H. The van der Waals surface area contributed by atoms with Gasteiger partial charge in [-0.2, -0.15) is 0 Å². The number of rotatable bonds is 4. The molecule has 0 spiro atoms. The first-order valence-corrected chi connectivity index (χ1v) is 7.11. The molecule has 0 atom stereocenters. The first kappa shape index (κ1) is 20.7. The lowest BCUT2D eigenvalue weighted by atomic mass is 10.1. The van der Waals surface area contributed by atoms with Crippen molar-refractivity contribution in [1.82, 2.24) is 16.0 Å². The molecule has 0 aliphatic rings. The third-order valence-electron chi connectivity index (χ3n) is 2.70. The summed E-state index contributed by atoms with van der Waals surface area (Å²) in [6.07, 6.45) is 0. The van der Waals surface area contributed by atoms with Crippen LogP contribution in [0.5, 0.6) is 0 Å². The highest BCUT2D eigenvalue weighted by molar-refractivity contribution is 14.0. The summed E-state index contributed by atoms with van der Waals surface area (Å²) in [7, 11) is 1.69. The molecular formula is C16H27IN4O. The van der Waals surface area contributed by atoms with E-state index in [0.29, 0.717) is 12.5 Å². The van der Waals surface area contributed by atoms with Gasteiger partial charge in [-0.05, 0) is 33.3 Å². The fourth-order valence-corrected chi connectivity index (χ4v) is 1.85. The van der Waals surface area contributed by atoms with E-state index >= 15 is 0 Å². The predicted molar refractivity (Wildman–Crippen MR) is 103 cm³/mol. The van der Waals surface area contributed by atoms with Crippen molar-refractivity contribution in [3.05, 3.63) is 35.4 Å². The van der Waals surface area contributed by atoms with Gasteiger partial charge in [-0.3, -0.25) is 9.79 Å². The maximum atomic E-state index is 11.7. The Morgan fingerprint density at radius 3 is 2.45 bits per heavy atom. The maximum Gasteiger partial charge on any atom is 0.239 e. The molecule has 22 heavy (non-hydrogen) atoms. The van der Waals surface area contributed by atoms with Crippen molar-refractivity contribution in [2.24, 2.45) is 4.99 Å². The van der Waals surface area contributed by atoms with E-state index in [9.17, 15) is 4.79 Å². The number of carbonyl (C=O) groups excluding carboxylic acids is 1. The van der Waals surface area contributed by atoms with E-state index in [4.69, 9.17) is 0 Å². The number of nitrogens with zero attached hydrogens (tertiary/aromatic N) is 1. The van der Waals surface area contributed by atoms with Crippen LogP contribution in [0.25, 0.3) is 0 Å². The number of aliphatic imine (C=N–C) groups is 1. The summed E-state index contributed by atoms with van der Waals surface area (Å²) in [5, 5.41) is 9.09. The van der Waals surface area contributed by atoms with Crippen molar-refractivity contribution >= 4 is 35.8 Å². The summed E-state index contributed by atoms with van der Waals surface area (Å²) >= 11 is 0. The smallest absolute Gasteiger partial charge is 0.239 e. The van der Waals surface area contributed by atoms with Crippen LogP contribution < -0.4 is 16.0 Å². The predicted octanol–water partition coefficient (Wildman–Crippen LogP) is 2.19. The molecule has 1 aromatic rings. The van der Waals surface area contributed by atoms with Gasteiger partial charge in [-0.15, -0.1) is 24.0 Å². The zero-order chi connectivity index (χ0) is 15.9. The summed E-state index contributed by atoms with van der Waals surface area (Å²) in [4.78, 5) is 15.8. The van der Waals surface area contributed by atoms with Gasteiger partial charge in [-0.1, -0.05) is 29.8 Å². The maximum absolute atomic E-state index is 11.7. The van der Waals surface area contributed by atoms with Crippen molar-refractivity contribution in [1.29, 1.82) is 0 Å². The zero-order valence-corrected chi connectivity index (χ0v) is 16.3. The number of halogens is 1. The number of amides is 1. The molecule has 0 radical (unpaired) electrons. The van der Waals surface area contributed by atoms with Crippen LogP contribution in [0.4, 0.5) is 0 Å². The van der Waals surface area contributed by atoms with Crippen LogP contribution in [0.3, 0.4) is 0 Å². The monoisotopic (exact) mass is 418 g/mol. The lowest BCUT2D eigenvalue weighted by molar-refractivity contribution is -0.121. The van der Waals surface area contributed by atoms with E-state index in [1.165, 1.54) is 11.1 Å². The number of benzene rings is 1. The van der Waals surface area contributed by atoms with Crippen LogP contribution in [-0.2, 0) is 11.3 Å². The van der Waals surface area contributed by atoms with Gasteiger partial charge in [0.15, 0.2) is 5.96 Å². The molecule has 0 saturated heterocycles. The lowest BCUT2D eigenvalue weighted by Gasteiger charge is -2.21. The van der Waals surface area contributed by atoms with Gasteiger partial charge < -0.3 is 16.0 Å². The molecule has 1 amide bonds. The third kappa shape index (κ3) is 8.86. The Bertz CT molecular complexity index is 509. The van der Waals surface area contributed by atoms with Crippen LogP contribution in [0.15, 0.2) is 29.3 Å². The number of guanidine groups is 1. The molecule has 1 rings (SSSR count). The van der Waals surface area contributed by atoms with Crippen molar-refractivity contribution in [3.8, 4) is 0 Å². The molecule has 0 aliphatic heterocycles. The lowest BCUT2D eigenvalue weighted by Crippen LogP contribution is -2.48. The quantitative estimate of drug-likeness (QED) is 0.399. The van der Waals surface area contributed by atoms with Gasteiger partial charge in [0.25, 0.3) is 0 Å². The fraction of sp³-hybridized carbons (Fsp3) is 0.500. The second kappa shape index (κ2) is 9.66. The van der Waals surface area contributed by atoms with E-state index in [2.05, 4.69) is 46.1 Å². The first-order chi connectivity index (χ1) is 9.80. The molecule has 6 heteroatoms. The molecule has 0 fully saturated rings. The molecule has 0 unspecified atom stereocenters. The van der Waals surface area contributed by atoms with Crippen LogP contribution in [-0.4, -0.2) is 31.0 Å². The summed E-state index contributed by atoms with van der Waals surface area (Å²) in [5.74, 6) is 0.557. The molecule has 0 aliphatic carbocycles. The molecule has 0 saturated carbocycles. The molecule has 3 N–H and O–H groups in total. The van der Waals surface area contributed by atoms with Crippen molar-refractivity contribution < 1.29 is 4.79 Å². The third-order valence-corrected chi connectivity index (χ3v) is 2.70. The van der Waals surface area contributed by atoms with Crippen LogP contribution in [0.2, 0.25) is 0 Å². The number of carbonyl (C=O) groups is 1. The van der Waals surface area contributed by atoms with E-state index in [1.807, 2.05) is 26.8 Å². The summed E-state index contributed by atoms with van der Waals surface area (Å²) < 4.78 is 0. The SMILES string of the molecule is CN=C(NCC(=O)NC(C)(C)C)NCc1cccc(C)c1.I. The Kier molecular flexibility index (Phi) is 9.08. The van der Waals surface area contributed by atoms with Gasteiger partial charge in [0.05, 0.1) is 6.54 Å². The Morgan fingerprint density at radius 1 is 1.23 bits per heavy atom. The minimum absolute atomic E-state index is 0. The van der Waals surface area contributed by atoms with Gasteiger partial charge in [0, 0.05) is 19.1 Å². The topological polar surface area (TPSA) is 65.5 Å². The van der Waals surface area contributed by atoms with Crippen molar-refractivity contribution in [2.75, 3.05) is 13.6 Å². The Labute approximate surface area is 150 Å². The molecule has 5 nitrogen and oxygen atoms in total. The summed E-state index contributed by atoms with van der Waals surface area (Å²) in [6, 6.07) is 8.26. The fourth-order valence-electron chi connectivity index (χ4n) is 1.85. The largest absolute Gasteiger partial charge is 0.352 e. The minimum atomic E-state index is -0.225. The molecular weight excluding hydrogens is 391 g/mol. The first-order valence-electron chi connectivity index (χ1n) is 7.11. The van der Waals surface area contributed by atoms with E-state index in [0.717, 1.165) is 0 Å². The average molecular weight is 418 g/mol. The molecule has 0 bridgehead atoms. The highest BCUT2D eigenvalue weighted by Gasteiger charge is 2.13. The molecule has 0 heterocycles. The Balaban J connectivity index is 0.00000441. The summed E-state index contributed by atoms with van der Waals surface area (Å²) in [6.45, 7) is 8.79. The summed E-state index contributed by atoms with van der Waals surface area (Å²) in [5.41, 5.74) is 2.18. The van der Waals surface area contributed by atoms with Crippen LogP contribution >= 0.6 is 24.0 Å². The zero-order valence-electron chi connectivity index (χ0n) is 14.0. The van der Waals surface area contributed by atoms with Crippen LogP contribution in [0, 0.1) is 6.92 Å². The number of nitrogens with one attached hydrogen (secondary N) is 3. The van der Waals surface area contributed by atoms with Crippen molar-refractivity contribution in [2.45, 2.75) is 39.8 Å². The average Bonchev–Trinajstić information content (AvgIpc) is 2.37. The van der Waals surface area contributed by atoms with Gasteiger partial charge in [0.2, 0.25) is 5.91 Å². The highest BCUT2D eigenvalue weighted by Crippen LogP contribution is 2.03. The van der Waals surface area contributed by atoms with Gasteiger partial charge >= 0.3 is 0 Å².